The van der Waals surface area contributed by atoms with Gasteiger partial charge in [-0.3, -0.25) is 0 Å². The summed E-state index contributed by atoms with van der Waals surface area (Å²) in [5.74, 6) is 0.897. The van der Waals surface area contributed by atoms with Crippen molar-refractivity contribution >= 4 is 5.84 Å². The van der Waals surface area contributed by atoms with Crippen molar-refractivity contribution in [2.45, 2.75) is 46.3 Å². The van der Waals surface area contributed by atoms with Crippen molar-refractivity contribution in [3.8, 4) is 0 Å². The molecule has 0 radical (unpaired) electrons. The highest BCUT2D eigenvalue weighted by Gasteiger charge is 2.06. The molecule has 0 aromatic heterocycles. The van der Waals surface area contributed by atoms with Crippen LogP contribution in [0, 0.1) is 5.92 Å². The molecule has 0 aliphatic carbocycles. The lowest BCUT2D eigenvalue weighted by Gasteiger charge is -2.12. The molecule has 5 heteroatoms. The van der Waals surface area contributed by atoms with Gasteiger partial charge in [-0.25, -0.2) is 0 Å². The van der Waals surface area contributed by atoms with E-state index < -0.39 is 6.10 Å². The summed E-state index contributed by atoms with van der Waals surface area (Å²) in [6.07, 6.45) is 0.126. The van der Waals surface area contributed by atoms with Gasteiger partial charge in [-0.05, 0) is 19.8 Å². The maximum Gasteiger partial charge on any atom is 0.145 e. The smallest absolute Gasteiger partial charge is 0.145 e. The summed E-state index contributed by atoms with van der Waals surface area (Å²) in [5.41, 5.74) is 5.60. The summed E-state index contributed by atoms with van der Waals surface area (Å²) >= 11 is 0. The zero-order valence-electron chi connectivity index (χ0n) is 10.6. The number of oxime groups is 1. The van der Waals surface area contributed by atoms with Crippen LogP contribution >= 0.6 is 0 Å². The predicted octanol–water partition coefficient (Wildman–Crippen LogP) is 1.11. The lowest BCUT2D eigenvalue weighted by atomic mass is 10.1. The molecule has 0 saturated heterocycles. The number of hydrogen-bond donors (Lipinski definition) is 2. The monoisotopic (exact) mass is 232 g/mol. The van der Waals surface area contributed by atoms with Gasteiger partial charge < -0.3 is 20.4 Å². The molecule has 3 N–H and O–H groups in total. The standard InChI is InChI=1S/C11H24N2O3/c1-8(2)5-11(12)13-16-7-10(14)6-15-9(3)4/h8-10,14H,5-7H2,1-4H3,(H2,12,13)/t10-/m1/s1. The number of amidine groups is 1. The fourth-order valence-corrected chi connectivity index (χ4v) is 1.01. The Hall–Kier alpha value is -0.810. The maximum absolute atomic E-state index is 9.43. The summed E-state index contributed by atoms with van der Waals surface area (Å²) in [6.45, 7) is 8.27. The van der Waals surface area contributed by atoms with Crippen LogP contribution in [0.25, 0.3) is 0 Å². The van der Waals surface area contributed by atoms with Gasteiger partial charge in [0.15, 0.2) is 0 Å². The third-order valence-corrected chi connectivity index (χ3v) is 1.69. The van der Waals surface area contributed by atoms with E-state index in [0.717, 1.165) is 0 Å². The van der Waals surface area contributed by atoms with E-state index in [4.69, 9.17) is 15.3 Å². The second-order valence-electron chi connectivity index (χ2n) is 4.51. The van der Waals surface area contributed by atoms with Crippen molar-refractivity contribution in [1.82, 2.24) is 0 Å². The van der Waals surface area contributed by atoms with E-state index >= 15 is 0 Å². The van der Waals surface area contributed by atoms with E-state index in [1.54, 1.807) is 0 Å². The average Bonchev–Trinajstić information content (AvgIpc) is 2.13. The minimum absolute atomic E-state index is 0.101. The highest BCUT2D eigenvalue weighted by Crippen LogP contribution is 1.99. The molecule has 0 aromatic carbocycles. The zero-order chi connectivity index (χ0) is 12.6. The van der Waals surface area contributed by atoms with Gasteiger partial charge in [-0.2, -0.15) is 0 Å². The van der Waals surface area contributed by atoms with Gasteiger partial charge >= 0.3 is 0 Å². The lowest BCUT2D eigenvalue weighted by Crippen LogP contribution is -2.23. The molecule has 0 bridgehead atoms. The third kappa shape index (κ3) is 9.73. The van der Waals surface area contributed by atoms with Gasteiger partial charge in [0.2, 0.25) is 0 Å². The number of hydrogen-bond acceptors (Lipinski definition) is 4. The van der Waals surface area contributed by atoms with Crippen molar-refractivity contribution in [2.24, 2.45) is 16.8 Å². The Morgan fingerprint density at radius 3 is 2.38 bits per heavy atom. The topological polar surface area (TPSA) is 77.1 Å². The Bertz CT molecular complexity index is 205. The highest BCUT2D eigenvalue weighted by atomic mass is 16.6. The zero-order valence-corrected chi connectivity index (χ0v) is 10.6. The van der Waals surface area contributed by atoms with Crippen molar-refractivity contribution in [2.75, 3.05) is 13.2 Å². The van der Waals surface area contributed by atoms with E-state index in [-0.39, 0.29) is 19.3 Å². The van der Waals surface area contributed by atoms with Crippen LogP contribution in [0.2, 0.25) is 0 Å². The summed E-state index contributed by atoms with van der Waals surface area (Å²) in [5, 5.41) is 13.1. The predicted molar refractivity (Wildman–Crippen MR) is 64.1 cm³/mol. The van der Waals surface area contributed by atoms with Crippen molar-refractivity contribution in [3.05, 3.63) is 0 Å². The Morgan fingerprint density at radius 2 is 1.88 bits per heavy atom. The summed E-state index contributed by atoms with van der Waals surface area (Å²) < 4.78 is 5.22. The molecule has 5 nitrogen and oxygen atoms in total. The molecule has 0 aromatic rings. The molecule has 0 unspecified atom stereocenters. The van der Waals surface area contributed by atoms with Gasteiger partial charge in [0.1, 0.15) is 18.5 Å². The molecule has 0 aliphatic rings. The van der Waals surface area contributed by atoms with E-state index in [0.29, 0.717) is 18.2 Å². The highest BCUT2D eigenvalue weighted by molar-refractivity contribution is 5.79. The molecule has 0 saturated carbocycles. The normalized spacial score (nSPS) is 14.6. The largest absolute Gasteiger partial charge is 0.392 e. The molecule has 0 fully saturated rings. The number of ether oxygens (including phenoxy) is 1. The van der Waals surface area contributed by atoms with Crippen molar-refractivity contribution in [1.29, 1.82) is 0 Å². The molecular formula is C11H24N2O3. The van der Waals surface area contributed by atoms with Crippen molar-refractivity contribution in [3.63, 3.8) is 0 Å². The van der Waals surface area contributed by atoms with E-state index in [2.05, 4.69) is 5.16 Å². The second kappa shape index (κ2) is 8.35. The number of aliphatic hydroxyl groups is 1. The molecule has 0 amide bonds. The van der Waals surface area contributed by atoms with E-state index in [9.17, 15) is 5.11 Å². The molecule has 96 valence electrons. The Morgan fingerprint density at radius 1 is 1.25 bits per heavy atom. The molecule has 16 heavy (non-hydrogen) atoms. The van der Waals surface area contributed by atoms with Gasteiger partial charge in [0.05, 0.1) is 12.7 Å². The number of aliphatic hydroxyl groups excluding tert-OH is 1. The van der Waals surface area contributed by atoms with Crippen LogP contribution in [-0.4, -0.2) is 36.4 Å². The molecular weight excluding hydrogens is 208 g/mol. The SMILES string of the molecule is CC(C)C/C(N)=N\OC[C@H](O)COC(C)C. The van der Waals surface area contributed by atoms with Gasteiger partial charge in [0.25, 0.3) is 0 Å². The van der Waals surface area contributed by atoms with Crippen LogP contribution in [0.15, 0.2) is 5.16 Å². The summed E-state index contributed by atoms with van der Waals surface area (Å²) in [4.78, 5) is 4.92. The number of rotatable bonds is 8. The van der Waals surface area contributed by atoms with Gasteiger partial charge in [-0.1, -0.05) is 19.0 Å². The Labute approximate surface area is 97.6 Å². The fourth-order valence-electron chi connectivity index (χ4n) is 1.01. The molecule has 1 atom stereocenters. The summed E-state index contributed by atoms with van der Waals surface area (Å²) in [7, 11) is 0. The van der Waals surface area contributed by atoms with Crippen LogP contribution in [-0.2, 0) is 9.57 Å². The Balaban J connectivity index is 3.63. The summed E-state index contributed by atoms with van der Waals surface area (Å²) in [6, 6.07) is 0. The Kier molecular flexibility index (Phi) is 7.93. The lowest BCUT2D eigenvalue weighted by molar-refractivity contribution is -0.0348. The molecule has 0 spiro atoms. The first-order valence-corrected chi connectivity index (χ1v) is 5.65. The quantitative estimate of drug-likeness (QED) is 0.373. The molecule has 0 heterocycles. The maximum atomic E-state index is 9.43. The second-order valence-corrected chi connectivity index (χ2v) is 4.51. The molecule has 0 aliphatic heterocycles. The third-order valence-electron chi connectivity index (χ3n) is 1.69. The van der Waals surface area contributed by atoms with Crippen LogP contribution in [0.1, 0.15) is 34.1 Å². The van der Waals surface area contributed by atoms with Crippen LogP contribution in [0.4, 0.5) is 0 Å². The van der Waals surface area contributed by atoms with Crippen molar-refractivity contribution < 1.29 is 14.7 Å². The van der Waals surface area contributed by atoms with Gasteiger partial charge in [-0.15, -0.1) is 0 Å². The van der Waals surface area contributed by atoms with Crippen LogP contribution < -0.4 is 5.73 Å². The van der Waals surface area contributed by atoms with Crippen LogP contribution in [0.5, 0.6) is 0 Å². The van der Waals surface area contributed by atoms with E-state index in [1.165, 1.54) is 0 Å². The van der Waals surface area contributed by atoms with Gasteiger partial charge in [0, 0.05) is 6.42 Å². The van der Waals surface area contributed by atoms with Crippen LogP contribution in [0.3, 0.4) is 0 Å². The minimum atomic E-state index is -0.669. The first-order chi connectivity index (χ1) is 7.41. The fraction of sp³-hybridized carbons (Fsp3) is 0.909. The first-order valence-electron chi connectivity index (χ1n) is 5.65. The first kappa shape index (κ1) is 15.2. The molecule has 0 rings (SSSR count). The average molecular weight is 232 g/mol. The number of nitrogens with zero attached hydrogens (tertiary/aromatic N) is 1. The number of nitrogens with two attached hydrogens (primary N) is 1. The minimum Gasteiger partial charge on any atom is -0.392 e. The van der Waals surface area contributed by atoms with E-state index in [1.807, 2.05) is 27.7 Å².